The quantitative estimate of drug-likeness (QED) is 0.288. The van der Waals surface area contributed by atoms with E-state index in [1.54, 1.807) is 6.07 Å². The maximum atomic E-state index is 13.7. The molecular weight excluding hydrogens is 527 g/mol. The molecule has 2 aliphatic heterocycles. The molecule has 2 aromatic carbocycles. The van der Waals surface area contributed by atoms with Crippen molar-refractivity contribution in [2.45, 2.75) is 64.7 Å². The van der Waals surface area contributed by atoms with E-state index in [2.05, 4.69) is 9.80 Å². The Bertz CT molecular complexity index is 1430. The zero-order chi connectivity index (χ0) is 29.1. The molecule has 0 bridgehead atoms. The number of carbonyl (C=O) groups excluding carboxylic acids is 1. The highest BCUT2D eigenvalue weighted by molar-refractivity contribution is 6.07. The number of rotatable bonds is 6. The van der Waals surface area contributed by atoms with Crippen LogP contribution < -0.4 is 0 Å². The highest BCUT2D eigenvalue weighted by atomic mass is 19.4. The lowest BCUT2D eigenvalue weighted by atomic mass is 9.93. The number of benzene rings is 2. The number of halogens is 3. The van der Waals surface area contributed by atoms with Gasteiger partial charge >= 0.3 is 12.1 Å². The SMILES string of the molecule is COC(=O)c1c(CN2CCC(N3CCCCC3)CC2)c(-c2cccc(C(F)(F)F)c2)nc2cc(C=C(C)C)ccc12. The highest BCUT2D eigenvalue weighted by Crippen LogP contribution is 2.36. The normalized spacial score (nSPS) is 17.5. The van der Waals surface area contributed by atoms with Crippen LogP contribution in [0.25, 0.3) is 28.2 Å². The van der Waals surface area contributed by atoms with E-state index in [4.69, 9.17) is 9.72 Å². The fourth-order valence-electron chi connectivity index (χ4n) is 6.27. The van der Waals surface area contributed by atoms with Crippen LogP contribution >= 0.6 is 0 Å². The highest BCUT2D eigenvalue weighted by Gasteiger charge is 2.32. The molecule has 0 spiro atoms. The minimum Gasteiger partial charge on any atom is -0.465 e. The van der Waals surface area contributed by atoms with Crippen molar-refractivity contribution in [2.75, 3.05) is 33.3 Å². The van der Waals surface area contributed by atoms with Crippen molar-refractivity contribution >= 4 is 22.9 Å². The fourth-order valence-corrected chi connectivity index (χ4v) is 6.27. The van der Waals surface area contributed by atoms with Crippen molar-refractivity contribution < 1.29 is 22.7 Å². The Balaban J connectivity index is 1.60. The van der Waals surface area contributed by atoms with Crippen LogP contribution in [0.2, 0.25) is 0 Å². The lowest BCUT2D eigenvalue weighted by Gasteiger charge is -2.40. The van der Waals surface area contributed by atoms with Crippen LogP contribution in [-0.2, 0) is 17.5 Å². The number of ether oxygens (including phenoxy) is 1. The van der Waals surface area contributed by atoms with Crippen molar-refractivity contribution in [3.63, 3.8) is 0 Å². The molecule has 2 aliphatic rings. The van der Waals surface area contributed by atoms with Gasteiger partial charge in [0.2, 0.25) is 0 Å². The number of aromatic nitrogens is 1. The number of pyridine rings is 1. The first-order valence-corrected chi connectivity index (χ1v) is 14.5. The maximum Gasteiger partial charge on any atom is 0.416 e. The lowest BCUT2D eigenvalue weighted by molar-refractivity contribution is -0.137. The molecule has 0 radical (unpaired) electrons. The molecule has 0 N–H and O–H groups in total. The number of hydrogen-bond acceptors (Lipinski definition) is 5. The molecule has 3 heterocycles. The van der Waals surface area contributed by atoms with Crippen molar-refractivity contribution in [3.05, 3.63) is 70.3 Å². The van der Waals surface area contributed by atoms with Crippen LogP contribution in [0.1, 0.15) is 73.0 Å². The molecule has 0 amide bonds. The van der Waals surface area contributed by atoms with Gasteiger partial charge in [-0.25, -0.2) is 9.78 Å². The minimum absolute atomic E-state index is 0.331. The van der Waals surface area contributed by atoms with Crippen molar-refractivity contribution in [2.24, 2.45) is 0 Å². The standard InChI is InChI=1S/C33H38F3N3O2/c1-22(2)18-23-10-11-27-29(19-23)37-31(24-8-7-9-25(20-24)33(34,35)36)28(30(27)32(40)41-3)21-38-16-12-26(13-17-38)39-14-5-4-6-15-39/h7-11,18-20,26H,4-6,12-17,21H2,1-3H3. The van der Waals surface area contributed by atoms with E-state index in [0.29, 0.717) is 45.9 Å². The lowest BCUT2D eigenvalue weighted by Crippen LogP contribution is -2.46. The molecule has 2 fully saturated rings. The van der Waals surface area contributed by atoms with E-state index >= 15 is 0 Å². The van der Waals surface area contributed by atoms with Gasteiger partial charge in [0.15, 0.2) is 0 Å². The van der Waals surface area contributed by atoms with Crippen LogP contribution in [0, 0.1) is 0 Å². The molecule has 0 unspecified atom stereocenters. The number of nitrogens with zero attached hydrogens (tertiary/aromatic N) is 3. The number of methoxy groups -OCH3 is 1. The summed E-state index contributed by atoms with van der Waals surface area (Å²) in [6.07, 6.45) is 3.37. The third kappa shape index (κ3) is 6.65. The van der Waals surface area contributed by atoms with Gasteiger partial charge in [-0.15, -0.1) is 0 Å². The molecular formula is C33H38F3N3O2. The summed E-state index contributed by atoms with van der Waals surface area (Å²) in [7, 11) is 1.34. The molecule has 8 heteroatoms. The topological polar surface area (TPSA) is 45.7 Å². The van der Waals surface area contributed by atoms with Crippen LogP contribution in [0.5, 0.6) is 0 Å². The van der Waals surface area contributed by atoms with Gasteiger partial charge in [0.1, 0.15) is 0 Å². The first kappa shape index (κ1) is 29.3. The Kier molecular flexibility index (Phi) is 8.80. The summed E-state index contributed by atoms with van der Waals surface area (Å²) in [5, 5.41) is 0.636. The van der Waals surface area contributed by atoms with Gasteiger partial charge < -0.3 is 9.64 Å². The van der Waals surface area contributed by atoms with Crippen LogP contribution in [0.3, 0.4) is 0 Å². The molecule has 5 rings (SSSR count). The number of hydrogen-bond donors (Lipinski definition) is 0. The summed E-state index contributed by atoms with van der Waals surface area (Å²) in [5.74, 6) is -0.515. The number of carbonyl (C=O) groups is 1. The number of alkyl halides is 3. The molecule has 0 atom stereocenters. The predicted molar refractivity (Wildman–Crippen MR) is 157 cm³/mol. The first-order chi connectivity index (χ1) is 19.6. The second kappa shape index (κ2) is 12.3. The summed E-state index contributed by atoms with van der Waals surface area (Å²) in [5.41, 5.74) is 3.49. The van der Waals surface area contributed by atoms with Gasteiger partial charge in [-0.2, -0.15) is 13.2 Å². The Morgan fingerprint density at radius 1 is 1.02 bits per heavy atom. The van der Waals surface area contributed by atoms with Gasteiger partial charge in [-0.3, -0.25) is 4.90 Å². The zero-order valence-corrected chi connectivity index (χ0v) is 24.1. The van der Waals surface area contributed by atoms with Crippen LogP contribution in [0.15, 0.2) is 48.0 Å². The van der Waals surface area contributed by atoms with E-state index in [9.17, 15) is 18.0 Å². The monoisotopic (exact) mass is 565 g/mol. The van der Waals surface area contributed by atoms with Gasteiger partial charge in [0.25, 0.3) is 0 Å². The van der Waals surface area contributed by atoms with E-state index in [1.807, 2.05) is 38.1 Å². The predicted octanol–water partition coefficient (Wildman–Crippen LogP) is 7.58. The number of esters is 1. The van der Waals surface area contributed by atoms with Crippen LogP contribution in [0.4, 0.5) is 13.2 Å². The second-order valence-corrected chi connectivity index (χ2v) is 11.5. The molecule has 5 nitrogen and oxygen atoms in total. The second-order valence-electron chi connectivity index (χ2n) is 11.5. The number of likely N-dealkylation sites (tertiary alicyclic amines) is 2. The van der Waals surface area contributed by atoms with Gasteiger partial charge in [0.05, 0.1) is 29.4 Å². The third-order valence-electron chi connectivity index (χ3n) is 8.27. The average Bonchev–Trinajstić information content (AvgIpc) is 2.96. The summed E-state index contributed by atoms with van der Waals surface area (Å²) in [6.45, 7) is 8.39. The third-order valence-corrected chi connectivity index (χ3v) is 8.27. The molecule has 2 saturated heterocycles. The summed E-state index contributed by atoms with van der Waals surface area (Å²) >= 11 is 0. The molecule has 3 aromatic rings. The first-order valence-electron chi connectivity index (χ1n) is 14.5. The largest absolute Gasteiger partial charge is 0.465 e. The summed E-state index contributed by atoms with van der Waals surface area (Å²) in [4.78, 5) is 23.2. The fraction of sp³-hybridized carbons (Fsp3) is 0.455. The molecule has 1 aromatic heterocycles. The van der Waals surface area contributed by atoms with Gasteiger partial charge in [-0.05, 0) is 89.5 Å². The number of fused-ring (bicyclic) bond motifs is 1. The van der Waals surface area contributed by atoms with Gasteiger partial charge in [-0.1, -0.05) is 42.3 Å². The maximum absolute atomic E-state index is 13.7. The molecule has 41 heavy (non-hydrogen) atoms. The molecule has 0 aliphatic carbocycles. The molecule has 0 saturated carbocycles. The Morgan fingerprint density at radius 3 is 2.41 bits per heavy atom. The zero-order valence-electron chi connectivity index (χ0n) is 24.1. The summed E-state index contributed by atoms with van der Waals surface area (Å²) in [6, 6.07) is 11.4. The van der Waals surface area contributed by atoms with Crippen LogP contribution in [-0.4, -0.2) is 60.1 Å². The van der Waals surface area contributed by atoms with E-state index in [0.717, 1.165) is 62.3 Å². The number of allylic oxidation sites excluding steroid dienone is 1. The van der Waals surface area contributed by atoms with Gasteiger partial charge in [0, 0.05) is 29.1 Å². The van der Waals surface area contributed by atoms with Crippen molar-refractivity contribution in [1.82, 2.24) is 14.8 Å². The summed E-state index contributed by atoms with van der Waals surface area (Å²) < 4.78 is 46.4. The number of piperidine rings is 2. The Hall–Kier alpha value is -3.23. The minimum atomic E-state index is -4.49. The van der Waals surface area contributed by atoms with E-state index in [-0.39, 0.29) is 0 Å². The Labute approximate surface area is 240 Å². The Morgan fingerprint density at radius 2 is 1.76 bits per heavy atom. The smallest absolute Gasteiger partial charge is 0.416 e. The molecule has 218 valence electrons. The van der Waals surface area contributed by atoms with Crippen molar-refractivity contribution in [1.29, 1.82) is 0 Å². The van der Waals surface area contributed by atoms with Crippen molar-refractivity contribution in [3.8, 4) is 11.3 Å². The average molecular weight is 566 g/mol. The van der Waals surface area contributed by atoms with E-state index < -0.39 is 17.7 Å². The van der Waals surface area contributed by atoms with E-state index in [1.165, 1.54) is 32.4 Å².